The summed E-state index contributed by atoms with van der Waals surface area (Å²) in [5.41, 5.74) is 7.15. The Bertz CT molecular complexity index is 834. The number of carbonyl (C=O) groups excluding carboxylic acids is 1. The van der Waals surface area contributed by atoms with Crippen molar-refractivity contribution < 1.29 is 34.4 Å². The molecule has 0 aromatic heterocycles. The van der Waals surface area contributed by atoms with Crippen molar-refractivity contribution in [3.8, 4) is 11.5 Å². The maximum atomic E-state index is 12.3. The highest BCUT2D eigenvalue weighted by Gasteiger charge is 2.24. The van der Waals surface area contributed by atoms with E-state index in [4.69, 9.17) is 10.8 Å². The van der Waals surface area contributed by atoms with Gasteiger partial charge in [0.05, 0.1) is 6.04 Å². The number of rotatable bonds is 8. The Kier molecular flexibility index (Phi) is 6.94. The third-order valence-electron chi connectivity index (χ3n) is 3.91. The van der Waals surface area contributed by atoms with Gasteiger partial charge in [0.15, 0.2) is 0 Å². The number of phenolic OH excluding ortho intramolecular Hbond substituents is 1. The van der Waals surface area contributed by atoms with Crippen LogP contribution in [0.1, 0.15) is 11.1 Å². The molecule has 0 saturated carbocycles. The van der Waals surface area contributed by atoms with E-state index in [0.29, 0.717) is 5.56 Å². The molecule has 0 fully saturated rings. The maximum Gasteiger partial charge on any atom is 0.511 e. The van der Waals surface area contributed by atoms with Crippen molar-refractivity contribution in [2.45, 2.75) is 24.9 Å². The lowest BCUT2D eigenvalue weighted by molar-refractivity contribution is -0.141. The minimum atomic E-state index is -1.45. The summed E-state index contributed by atoms with van der Waals surface area (Å²) >= 11 is 0. The molecule has 0 aliphatic heterocycles. The maximum absolute atomic E-state index is 12.3. The van der Waals surface area contributed by atoms with E-state index in [1.54, 1.807) is 12.1 Å². The number of aromatic hydroxyl groups is 1. The van der Waals surface area contributed by atoms with Crippen molar-refractivity contribution in [2.24, 2.45) is 5.73 Å². The molecule has 0 aliphatic rings. The van der Waals surface area contributed by atoms with Crippen molar-refractivity contribution in [3.05, 3.63) is 59.7 Å². The Hall–Kier alpha value is -3.59. The minimum absolute atomic E-state index is 0.0135. The second-order valence-corrected chi connectivity index (χ2v) is 6.09. The molecule has 9 heteroatoms. The number of amides is 1. The van der Waals surface area contributed by atoms with Gasteiger partial charge < -0.3 is 31.1 Å². The molecule has 0 saturated heterocycles. The molecule has 9 nitrogen and oxygen atoms in total. The molecule has 28 heavy (non-hydrogen) atoms. The molecular weight excluding hydrogens is 368 g/mol. The molecule has 148 valence electrons. The van der Waals surface area contributed by atoms with Crippen LogP contribution in [0.4, 0.5) is 4.79 Å². The molecule has 0 spiro atoms. The first-order valence-corrected chi connectivity index (χ1v) is 8.31. The zero-order valence-electron chi connectivity index (χ0n) is 14.7. The SMILES string of the molecule is N[C@@H](Cc1ccc(O)cc1)C(=O)N[C@@H](Cc1ccc(OC(=O)O)cc1)C(=O)O. The molecule has 2 atom stereocenters. The number of aliphatic carboxylic acids is 1. The fourth-order valence-electron chi connectivity index (χ4n) is 2.49. The zero-order valence-corrected chi connectivity index (χ0v) is 14.7. The molecule has 0 heterocycles. The van der Waals surface area contributed by atoms with Crippen LogP contribution in [0.15, 0.2) is 48.5 Å². The van der Waals surface area contributed by atoms with Gasteiger partial charge in [0, 0.05) is 6.42 Å². The summed E-state index contributed by atoms with van der Waals surface area (Å²) in [5.74, 6) is -1.65. The van der Waals surface area contributed by atoms with Crippen LogP contribution in [0.5, 0.6) is 11.5 Å². The minimum Gasteiger partial charge on any atom is -0.508 e. The Balaban J connectivity index is 1.97. The molecule has 0 radical (unpaired) electrons. The number of carboxylic acids is 1. The van der Waals surface area contributed by atoms with Gasteiger partial charge in [-0.1, -0.05) is 24.3 Å². The topological polar surface area (TPSA) is 159 Å². The van der Waals surface area contributed by atoms with Crippen molar-refractivity contribution in [1.82, 2.24) is 5.32 Å². The summed E-state index contributed by atoms with van der Waals surface area (Å²) in [6, 6.07) is 9.82. The lowest BCUT2D eigenvalue weighted by Gasteiger charge is -2.18. The van der Waals surface area contributed by atoms with Gasteiger partial charge in [0.1, 0.15) is 17.5 Å². The van der Waals surface area contributed by atoms with Crippen LogP contribution in [0.25, 0.3) is 0 Å². The van der Waals surface area contributed by atoms with Crippen molar-refractivity contribution >= 4 is 18.0 Å². The number of nitrogens with one attached hydrogen (secondary N) is 1. The van der Waals surface area contributed by atoms with Crippen LogP contribution in [0.3, 0.4) is 0 Å². The van der Waals surface area contributed by atoms with Crippen LogP contribution < -0.4 is 15.8 Å². The number of nitrogens with two attached hydrogens (primary N) is 1. The number of carbonyl (C=O) groups is 3. The Morgan fingerprint density at radius 3 is 2.00 bits per heavy atom. The van der Waals surface area contributed by atoms with Crippen LogP contribution >= 0.6 is 0 Å². The largest absolute Gasteiger partial charge is 0.511 e. The average molecular weight is 388 g/mol. The van der Waals surface area contributed by atoms with E-state index in [1.165, 1.54) is 36.4 Å². The van der Waals surface area contributed by atoms with E-state index < -0.39 is 30.1 Å². The van der Waals surface area contributed by atoms with E-state index in [2.05, 4.69) is 10.1 Å². The van der Waals surface area contributed by atoms with Crippen LogP contribution in [0, 0.1) is 0 Å². The Morgan fingerprint density at radius 1 is 0.929 bits per heavy atom. The number of benzene rings is 2. The average Bonchev–Trinajstić information content (AvgIpc) is 2.64. The highest BCUT2D eigenvalue weighted by atomic mass is 16.7. The summed E-state index contributed by atoms with van der Waals surface area (Å²) < 4.78 is 4.48. The second kappa shape index (κ2) is 9.38. The summed E-state index contributed by atoms with van der Waals surface area (Å²) in [7, 11) is 0. The predicted octanol–water partition coefficient (Wildman–Crippen LogP) is 1.13. The first-order chi connectivity index (χ1) is 13.2. The molecule has 0 unspecified atom stereocenters. The van der Waals surface area contributed by atoms with E-state index in [-0.39, 0.29) is 24.3 Å². The van der Waals surface area contributed by atoms with Gasteiger partial charge in [-0.05, 0) is 41.8 Å². The molecule has 0 bridgehead atoms. The number of phenols is 1. The Morgan fingerprint density at radius 2 is 1.46 bits per heavy atom. The summed E-state index contributed by atoms with van der Waals surface area (Å²) in [6.07, 6.45) is -1.29. The van der Waals surface area contributed by atoms with Gasteiger partial charge in [0.25, 0.3) is 0 Å². The quantitative estimate of drug-likeness (QED) is 0.332. The third kappa shape index (κ3) is 6.29. The van der Waals surface area contributed by atoms with Gasteiger partial charge >= 0.3 is 12.1 Å². The molecular formula is C19H20N2O7. The number of hydrogen-bond acceptors (Lipinski definition) is 6. The van der Waals surface area contributed by atoms with Gasteiger partial charge in [-0.2, -0.15) is 0 Å². The Labute approximate surface area is 160 Å². The van der Waals surface area contributed by atoms with Crippen molar-refractivity contribution in [2.75, 3.05) is 0 Å². The van der Waals surface area contributed by atoms with E-state index in [9.17, 15) is 24.6 Å². The number of ether oxygens (including phenoxy) is 1. The lowest BCUT2D eigenvalue weighted by Crippen LogP contribution is -2.50. The van der Waals surface area contributed by atoms with E-state index in [1.807, 2.05) is 0 Å². The molecule has 1 amide bonds. The van der Waals surface area contributed by atoms with Crippen LogP contribution in [0.2, 0.25) is 0 Å². The fraction of sp³-hybridized carbons (Fsp3) is 0.211. The number of carboxylic acid groups (broad SMARTS) is 2. The summed E-state index contributed by atoms with van der Waals surface area (Å²) in [4.78, 5) is 34.2. The van der Waals surface area contributed by atoms with Gasteiger partial charge in [-0.3, -0.25) is 4.79 Å². The normalized spacial score (nSPS) is 12.6. The van der Waals surface area contributed by atoms with Gasteiger partial charge in [0.2, 0.25) is 5.91 Å². The van der Waals surface area contributed by atoms with Crippen LogP contribution in [-0.2, 0) is 22.4 Å². The van der Waals surface area contributed by atoms with E-state index in [0.717, 1.165) is 5.56 Å². The number of hydrogen-bond donors (Lipinski definition) is 5. The van der Waals surface area contributed by atoms with Gasteiger partial charge in [-0.25, -0.2) is 9.59 Å². The monoisotopic (exact) mass is 388 g/mol. The predicted molar refractivity (Wildman–Crippen MR) is 98.2 cm³/mol. The zero-order chi connectivity index (χ0) is 20.7. The molecule has 6 N–H and O–H groups in total. The molecule has 2 rings (SSSR count). The first kappa shape index (κ1) is 20.7. The fourth-order valence-corrected chi connectivity index (χ4v) is 2.49. The van der Waals surface area contributed by atoms with Gasteiger partial charge in [-0.15, -0.1) is 0 Å². The first-order valence-electron chi connectivity index (χ1n) is 8.31. The standard InChI is InChI=1S/C19H20N2O7/c20-15(9-11-1-5-13(22)6-2-11)17(23)21-16(18(24)25)10-12-3-7-14(8-4-12)28-19(26)27/h1-8,15-16,22H,9-10,20H2,(H,21,23)(H,24,25)(H,26,27)/t15-,16-/m0/s1. The van der Waals surface area contributed by atoms with Crippen molar-refractivity contribution in [3.63, 3.8) is 0 Å². The highest BCUT2D eigenvalue weighted by molar-refractivity contribution is 5.87. The smallest absolute Gasteiger partial charge is 0.508 e. The second-order valence-electron chi connectivity index (χ2n) is 6.09. The van der Waals surface area contributed by atoms with Crippen LogP contribution in [-0.4, -0.2) is 45.4 Å². The third-order valence-corrected chi connectivity index (χ3v) is 3.91. The molecule has 2 aromatic carbocycles. The molecule has 2 aromatic rings. The summed E-state index contributed by atoms with van der Waals surface area (Å²) in [6.45, 7) is 0. The lowest BCUT2D eigenvalue weighted by atomic mass is 10.0. The van der Waals surface area contributed by atoms with E-state index >= 15 is 0 Å². The summed E-state index contributed by atoms with van der Waals surface area (Å²) in [5, 5.41) is 29.6. The highest BCUT2D eigenvalue weighted by Crippen LogP contribution is 2.14. The molecule has 0 aliphatic carbocycles. The van der Waals surface area contributed by atoms with Crippen molar-refractivity contribution in [1.29, 1.82) is 0 Å².